The molecule has 0 amide bonds. The minimum Gasteiger partial charge on any atom is -0.463 e. The predicted molar refractivity (Wildman–Crippen MR) is 103 cm³/mol. The average Bonchev–Trinajstić information content (AvgIpc) is 3.20. The van der Waals surface area contributed by atoms with Crippen LogP contribution in [-0.4, -0.2) is 19.7 Å². The van der Waals surface area contributed by atoms with Crippen LogP contribution < -0.4 is 5.73 Å². The number of aromatic nitrogens is 4. The Bertz CT molecular complexity index is 1010. The van der Waals surface area contributed by atoms with Gasteiger partial charge in [0.1, 0.15) is 5.69 Å². The number of hydrogen-bond acceptors (Lipinski definition) is 5. The van der Waals surface area contributed by atoms with Crippen molar-refractivity contribution in [2.45, 2.75) is 6.54 Å². The zero-order valence-electron chi connectivity index (χ0n) is 12.3. The second-order valence-corrected chi connectivity index (χ2v) is 7.16. The molecule has 0 atom stereocenters. The molecule has 0 bridgehead atoms. The van der Waals surface area contributed by atoms with Gasteiger partial charge < -0.3 is 10.2 Å². The van der Waals surface area contributed by atoms with E-state index in [4.69, 9.17) is 10.2 Å². The molecule has 0 fully saturated rings. The number of anilines is 1. The van der Waals surface area contributed by atoms with Crippen molar-refractivity contribution in [3.05, 3.63) is 56.4 Å². The maximum atomic E-state index is 5.90. The van der Waals surface area contributed by atoms with Crippen LogP contribution in [0.1, 0.15) is 5.56 Å². The first-order valence-electron chi connectivity index (χ1n) is 7.09. The third-order valence-corrected chi connectivity index (χ3v) is 5.39. The fourth-order valence-electron chi connectivity index (χ4n) is 2.52. The summed E-state index contributed by atoms with van der Waals surface area (Å²) in [6.45, 7) is 0.581. The standard InChI is InChI=1S/C16H11BrIN5O/c17-11-3-1-4-12(18)10(11)8-23-15-9(7-20-23)14(21-16(19)22-15)13-5-2-6-24-13/h1-7H,8H2,(H2,19,21,22). The topological polar surface area (TPSA) is 82.8 Å². The third kappa shape index (κ3) is 2.69. The van der Waals surface area contributed by atoms with E-state index in [1.165, 1.54) is 0 Å². The van der Waals surface area contributed by atoms with E-state index in [0.29, 0.717) is 23.6 Å². The van der Waals surface area contributed by atoms with Crippen LogP contribution in [0.15, 0.2) is 51.7 Å². The van der Waals surface area contributed by atoms with E-state index in [9.17, 15) is 0 Å². The molecule has 0 unspecified atom stereocenters. The molecule has 4 aromatic rings. The number of hydrogen-bond donors (Lipinski definition) is 1. The molecule has 1 aromatic carbocycles. The summed E-state index contributed by atoms with van der Waals surface area (Å²) in [7, 11) is 0. The summed E-state index contributed by atoms with van der Waals surface area (Å²) in [4.78, 5) is 8.68. The van der Waals surface area contributed by atoms with E-state index in [1.54, 1.807) is 12.5 Å². The summed E-state index contributed by atoms with van der Waals surface area (Å²) in [6.07, 6.45) is 3.35. The van der Waals surface area contributed by atoms with Crippen molar-refractivity contribution in [1.82, 2.24) is 19.7 Å². The summed E-state index contributed by atoms with van der Waals surface area (Å²) < 4.78 is 9.46. The van der Waals surface area contributed by atoms with Crippen LogP contribution in [0.25, 0.3) is 22.5 Å². The fraction of sp³-hybridized carbons (Fsp3) is 0.0625. The number of benzene rings is 1. The molecule has 3 heterocycles. The van der Waals surface area contributed by atoms with Gasteiger partial charge in [0.05, 0.1) is 24.4 Å². The van der Waals surface area contributed by atoms with E-state index in [2.05, 4.69) is 59.7 Å². The summed E-state index contributed by atoms with van der Waals surface area (Å²) in [5, 5.41) is 5.28. The molecule has 3 aromatic heterocycles. The highest BCUT2D eigenvalue weighted by Gasteiger charge is 2.16. The number of halogens is 2. The van der Waals surface area contributed by atoms with Crippen molar-refractivity contribution < 1.29 is 4.42 Å². The number of nitrogen functional groups attached to an aromatic ring is 1. The van der Waals surface area contributed by atoms with Gasteiger partial charge in [0.2, 0.25) is 5.95 Å². The largest absolute Gasteiger partial charge is 0.463 e. The van der Waals surface area contributed by atoms with Crippen molar-refractivity contribution in [2.75, 3.05) is 5.73 Å². The highest BCUT2D eigenvalue weighted by molar-refractivity contribution is 14.1. The number of rotatable bonds is 3. The number of fused-ring (bicyclic) bond motifs is 1. The van der Waals surface area contributed by atoms with Crippen molar-refractivity contribution in [3.8, 4) is 11.5 Å². The molecule has 0 saturated carbocycles. The minimum atomic E-state index is 0.192. The predicted octanol–water partition coefficient (Wildman–Crippen LogP) is 4.08. The first-order valence-corrected chi connectivity index (χ1v) is 8.96. The van der Waals surface area contributed by atoms with Crippen molar-refractivity contribution in [3.63, 3.8) is 0 Å². The van der Waals surface area contributed by atoms with E-state index >= 15 is 0 Å². The molecule has 120 valence electrons. The maximum Gasteiger partial charge on any atom is 0.222 e. The van der Waals surface area contributed by atoms with Gasteiger partial charge in [-0.05, 0) is 46.9 Å². The highest BCUT2D eigenvalue weighted by Crippen LogP contribution is 2.29. The van der Waals surface area contributed by atoms with E-state index < -0.39 is 0 Å². The van der Waals surface area contributed by atoms with Crippen LogP contribution in [0.3, 0.4) is 0 Å². The van der Waals surface area contributed by atoms with Crippen LogP contribution >= 0.6 is 38.5 Å². The molecule has 2 N–H and O–H groups in total. The quantitative estimate of drug-likeness (QED) is 0.433. The molecular weight excluding hydrogens is 485 g/mol. The number of nitrogens with zero attached hydrogens (tertiary/aromatic N) is 4. The smallest absolute Gasteiger partial charge is 0.222 e. The van der Waals surface area contributed by atoms with Gasteiger partial charge >= 0.3 is 0 Å². The van der Waals surface area contributed by atoms with Gasteiger partial charge in [-0.1, -0.05) is 22.0 Å². The lowest BCUT2D eigenvalue weighted by Gasteiger charge is -2.09. The Labute approximate surface area is 159 Å². The lowest BCUT2D eigenvalue weighted by molar-refractivity contribution is 0.580. The van der Waals surface area contributed by atoms with E-state index in [1.807, 2.05) is 28.9 Å². The summed E-state index contributed by atoms with van der Waals surface area (Å²) in [5.41, 5.74) is 8.36. The van der Waals surface area contributed by atoms with Gasteiger partial charge in [-0.25, -0.2) is 9.67 Å². The Morgan fingerprint density at radius 1 is 1.21 bits per heavy atom. The Morgan fingerprint density at radius 2 is 2.08 bits per heavy atom. The Morgan fingerprint density at radius 3 is 2.83 bits per heavy atom. The minimum absolute atomic E-state index is 0.192. The molecule has 6 nitrogen and oxygen atoms in total. The van der Waals surface area contributed by atoms with Gasteiger partial charge in [-0.3, -0.25) is 0 Å². The zero-order valence-corrected chi connectivity index (χ0v) is 16.0. The first-order chi connectivity index (χ1) is 11.6. The first kappa shape index (κ1) is 15.6. The average molecular weight is 496 g/mol. The summed E-state index contributed by atoms with van der Waals surface area (Å²) in [6, 6.07) is 9.74. The van der Waals surface area contributed by atoms with E-state index in [0.717, 1.165) is 19.0 Å². The number of furan rings is 1. The fourth-order valence-corrected chi connectivity index (χ4v) is 4.05. The Kier molecular flexibility index (Phi) is 4.01. The van der Waals surface area contributed by atoms with Crippen LogP contribution in [0, 0.1) is 3.57 Å². The van der Waals surface area contributed by atoms with Crippen molar-refractivity contribution in [1.29, 1.82) is 0 Å². The normalized spacial score (nSPS) is 11.2. The second-order valence-electron chi connectivity index (χ2n) is 5.15. The van der Waals surface area contributed by atoms with E-state index in [-0.39, 0.29) is 5.95 Å². The maximum absolute atomic E-state index is 5.90. The monoisotopic (exact) mass is 495 g/mol. The SMILES string of the molecule is Nc1nc(-c2ccco2)c2cnn(Cc3c(Br)cccc3I)c2n1. The molecule has 0 aliphatic heterocycles. The number of nitrogens with two attached hydrogens (primary N) is 1. The molecule has 24 heavy (non-hydrogen) atoms. The molecule has 0 spiro atoms. The van der Waals surface area contributed by atoms with Crippen LogP contribution in [0.5, 0.6) is 0 Å². The molecule has 0 saturated heterocycles. The van der Waals surface area contributed by atoms with Gasteiger partial charge in [0, 0.05) is 13.6 Å². The van der Waals surface area contributed by atoms with Gasteiger partial charge in [-0.15, -0.1) is 0 Å². The zero-order chi connectivity index (χ0) is 16.7. The molecule has 0 radical (unpaired) electrons. The lowest BCUT2D eigenvalue weighted by atomic mass is 10.2. The molecule has 4 rings (SSSR count). The Balaban J connectivity index is 1.87. The van der Waals surface area contributed by atoms with Crippen molar-refractivity contribution in [2.24, 2.45) is 0 Å². The Hall–Kier alpha value is -1.94. The van der Waals surface area contributed by atoms with Crippen LogP contribution in [0.2, 0.25) is 0 Å². The molecular formula is C16H11BrIN5O. The summed E-state index contributed by atoms with van der Waals surface area (Å²) in [5.74, 6) is 0.835. The molecule has 0 aliphatic rings. The van der Waals surface area contributed by atoms with Crippen LogP contribution in [0.4, 0.5) is 5.95 Å². The summed E-state index contributed by atoms with van der Waals surface area (Å²) >= 11 is 5.91. The molecule has 8 heteroatoms. The van der Waals surface area contributed by atoms with Crippen LogP contribution in [-0.2, 0) is 6.54 Å². The highest BCUT2D eigenvalue weighted by atomic mass is 127. The molecule has 0 aliphatic carbocycles. The second kappa shape index (κ2) is 6.17. The third-order valence-electron chi connectivity index (χ3n) is 3.64. The van der Waals surface area contributed by atoms with Gasteiger partial charge in [-0.2, -0.15) is 10.1 Å². The lowest BCUT2D eigenvalue weighted by Crippen LogP contribution is -2.06. The van der Waals surface area contributed by atoms with Gasteiger partial charge in [0.15, 0.2) is 11.4 Å². The van der Waals surface area contributed by atoms with Crippen molar-refractivity contribution >= 4 is 55.5 Å². The van der Waals surface area contributed by atoms with Gasteiger partial charge in [0.25, 0.3) is 0 Å².